The summed E-state index contributed by atoms with van der Waals surface area (Å²) in [4.78, 5) is 24.4. The number of furan rings is 1. The van der Waals surface area contributed by atoms with E-state index in [4.69, 9.17) is 4.42 Å². The van der Waals surface area contributed by atoms with Gasteiger partial charge in [-0.25, -0.2) is 4.68 Å². The summed E-state index contributed by atoms with van der Waals surface area (Å²) in [6.07, 6.45) is 2.85. The van der Waals surface area contributed by atoms with E-state index in [9.17, 15) is 9.59 Å². The van der Waals surface area contributed by atoms with Gasteiger partial charge in [0, 0.05) is 17.7 Å². The van der Waals surface area contributed by atoms with E-state index in [2.05, 4.69) is 20.8 Å². The summed E-state index contributed by atoms with van der Waals surface area (Å²) in [6.45, 7) is 4.16. The molecule has 28 heavy (non-hydrogen) atoms. The Kier molecular flexibility index (Phi) is 6.59. The lowest BCUT2D eigenvalue weighted by Gasteiger charge is -2.11. The summed E-state index contributed by atoms with van der Waals surface area (Å²) in [6, 6.07) is 10.5. The van der Waals surface area contributed by atoms with Gasteiger partial charge in [0.25, 0.3) is 0 Å². The number of amides is 1. The van der Waals surface area contributed by atoms with Gasteiger partial charge in [0.05, 0.1) is 11.5 Å². The second-order valence-electron chi connectivity index (χ2n) is 6.20. The Bertz CT molecular complexity index is 921. The van der Waals surface area contributed by atoms with Gasteiger partial charge < -0.3 is 9.73 Å². The van der Waals surface area contributed by atoms with Gasteiger partial charge in [0.1, 0.15) is 12.3 Å². The van der Waals surface area contributed by atoms with E-state index in [0.717, 1.165) is 12.2 Å². The number of carbonyl (C=O) groups is 2. The third-order valence-corrected chi connectivity index (χ3v) is 5.04. The van der Waals surface area contributed by atoms with Gasteiger partial charge in [-0.15, -0.1) is 5.10 Å². The van der Waals surface area contributed by atoms with Crippen LogP contribution in [0.25, 0.3) is 0 Å². The fourth-order valence-corrected chi connectivity index (χ4v) is 3.41. The number of anilines is 1. The number of benzene rings is 1. The summed E-state index contributed by atoms with van der Waals surface area (Å²) in [7, 11) is 0. The maximum Gasteiger partial charge on any atom is 0.224 e. The predicted octanol–water partition coefficient (Wildman–Crippen LogP) is 3.42. The highest BCUT2D eigenvalue weighted by molar-refractivity contribution is 8.00. The van der Waals surface area contributed by atoms with E-state index in [0.29, 0.717) is 29.4 Å². The molecule has 0 saturated heterocycles. The lowest BCUT2D eigenvalue weighted by Crippen LogP contribution is -2.15. The molecule has 0 aliphatic rings. The first kappa shape index (κ1) is 19.8. The Balaban J connectivity index is 1.62. The summed E-state index contributed by atoms with van der Waals surface area (Å²) in [5, 5.41) is 14.6. The fraction of sp³-hybridized carbons (Fsp3) is 0.316. The van der Waals surface area contributed by atoms with Crippen LogP contribution < -0.4 is 5.32 Å². The number of thioether (sulfide) groups is 1. The molecule has 0 bridgehead atoms. The van der Waals surface area contributed by atoms with Crippen molar-refractivity contribution in [3.05, 3.63) is 54.0 Å². The first-order valence-corrected chi connectivity index (χ1v) is 9.84. The van der Waals surface area contributed by atoms with Gasteiger partial charge in [-0.1, -0.05) is 18.7 Å². The van der Waals surface area contributed by atoms with Crippen LogP contribution >= 0.6 is 11.8 Å². The number of hydrogen-bond acceptors (Lipinski definition) is 7. The number of carbonyl (C=O) groups excluding carboxylic acids is 2. The highest BCUT2D eigenvalue weighted by atomic mass is 32.2. The topological polar surface area (TPSA) is 103 Å². The zero-order chi connectivity index (χ0) is 19.9. The second kappa shape index (κ2) is 9.32. The van der Waals surface area contributed by atoms with Crippen molar-refractivity contribution in [3.8, 4) is 0 Å². The molecule has 0 fully saturated rings. The smallest absolute Gasteiger partial charge is 0.224 e. The Hall–Kier alpha value is -2.94. The van der Waals surface area contributed by atoms with Crippen molar-refractivity contribution in [1.29, 1.82) is 0 Å². The molecule has 9 heteroatoms. The van der Waals surface area contributed by atoms with Crippen LogP contribution in [0.15, 0.2) is 52.2 Å². The van der Waals surface area contributed by atoms with Gasteiger partial charge in [-0.2, -0.15) is 0 Å². The van der Waals surface area contributed by atoms with E-state index in [1.807, 2.05) is 19.9 Å². The zero-order valence-corrected chi connectivity index (χ0v) is 16.5. The van der Waals surface area contributed by atoms with Crippen molar-refractivity contribution in [2.24, 2.45) is 0 Å². The van der Waals surface area contributed by atoms with E-state index < -0.39 is 0 Å². The summed E-state index contributed by atoms with van der Waals surface area (Å²) in [5.41, 5.74) is 1.25. The molecule has 2 heterocycles. The van der Waals surface area contributed by atoms with E-state index in [1.165, 1.54) is 11.8 Å². The highest BCUT2D eigenvalue weighted by Gasteiger charge is 2.20. The van der Waals surface area contributed by atoms with Crippen LogP contribution in [-0.4, -0.2) is 37.1 Å². The molecule has 8 nitrogen and oxygen atoms in total. The predicted molar refractivity (Wildman–Crippen MR) is 105 cm³/mol. The third kappa shape index (κ3) is 5.07. The molecule has 3 aromatic rings. The Morgan fingerprint density at radius 1 is 1.25 bits per heavy atom. The number of tetrazole rings is 1. The molecule has 0 aliphatic carbocycles. The molecule has 146 valence electrons. The molecule has 0 saturated carbocycles. The number of nitrogens with zero attached hydrogens (tertiary/aromatic N) is 4. The van der Waals surface area contributed by atoms with Gasteiger partial charge in [0.15, 0.2) is 5.78 Å². The van der Waals surface area contributed by atoms with Crippen LogP contribution in [0.2, 0.25) is 0 Å². The van der Waals surface area contributed by atoms with E-state index in [1.54, 1.807) is 41.3 Å². The summed E-state index contributed by atoms with van der Waals surface area (Å²) in [5.74, 6) is 0.659. The number of nitrogens with one attached hydrogen (secondary N) is 1. The molecule has 1 amide bonds. The molecule has 0 spiro atoms. The van der Waals surface area contributed by atoms with Crippen molar-refractivity contribution in [2.75, 3.05) is 5.32 Å². The number of aromatic nitrogens is 4. The molecule has 0 radical (unpaired) electrons. The van der Waals surface area contributed by atoms with E-state index in [-0.39, 0.29) is 16.9 Å². The summed E-state index contributed by atoms with van der Waals surface area (Å²) >= 11 is 1.29. The molecular weight excluding hydrogens is 378 g/mol. The molecule has 0 aliphatic heterocycles. The molecule has 0 unspecified atom stereocenters. The van der Waals surface area contributed by atoms with Crippen LogP contribution in [0.3, 0.4) is 0 Å². The van der Waals surface area contributed by atoms with E-state index >= 15 is 0 Å². The standard InChI is InChI=1S/C19H21N5O3S/c1-3-5-17(25)20-15-9-7-14(8-10-15)18(26)13(2)28-19-21-22-23-24(19)12-16-6-4-11-27-16/h4,6-11,13H,3,5,12H2,1-2H3,(H,20,25)/t13-/m0/s1. The van der Waals surface area contributed by atoms with Crippen LogP contribution in [-0.2, 0) is 11.3 Å². The number of hydrogen-bond donors (Lipinski definition) is 1. The van der Waals surface area contributed by atoms with Crippen LogP contribution in [0.1, 0.15) is 42.8 Å². The lowest BCUT2D eigenvalue weighted by atomic mass is 10.1. The minimum atomic E-state index is -0.373. The number of ketones is 1. The Labute approximate surface area is 166 Å². The molecule has 2 aromatic heterocycles. The van der Waals surface area contributed by atoms with Gasteiger partial charge in [-0.3, -0.25) is 9.59 Å². The molecule has 1 atom stereocenters. The highest BCUT2D eigenvalue weighted by Crippen LogP contribution is 2.24. The largest absolute Gasteiger partial charge is 0.467 e. The maximum atomic E-state index is 12.7. The van der Waals surface area contributed by atoms with Gasteiger partial charge in [0.2, 0.25) is 11.1 Å². The summed E-state index contributed by atoms with van der Waals surface area (Å²) < 4.78 is 6.91. The van der Waals surface area contributed by atoms with Crippen molar-refractivity contribution in [2.45, 2.75) is 43.6 Å². The van der Waals surface area contributed by atoms with Gasteiger partial charge >= 0.3 is 0 Å². The fourth-order valence-electron chi connectivity index (χ4n) is 2.54. The van der Waals surface area contributed by atoms with Crippen LogP contribution in [0.4, 0.5) is 5.69 Å². The molecule has 1 N–H and O–H groups in total. The SMILES string of the molecule is CCCC(=O)Nc1ccc(C(=O)[C@H](C)Sc2nnnn2Cc2ccco2)cc1. The van der Waals surface area contributed by atoms with Crippen LogP contribution in [0.5, 0.6) is 0 Å². The lowest BCUT2D eigenvalue weighted by molar-refractivity contribution is -0.116. The first-order valence-electron chi connectivity index (χ1n) is 8.96. The maximum absolute atomic E-state index is 12.7. The minimum Gasteiger partial charge on any atom is -0.467 e. The normalized spacial score (nSPS) is 11.9. The molecule has 3 rings (SSSR count). The Morgan fingerprint density at radius 3 is 2.71 bits per heavy atom. The van der Waals surface area contributed by atoms with Crippen molar-refractivity contribution in [1.82, 2.24) is 20.2 Å². The molecular formula is C19H21N5O3S. The van der Waals surface area contributed by atoms with Crippen molar-refractivity contribution in [3.63, 3.8) is 0 Å². The average Bonchev–Trinajstić information content (AvgIpc) is 3.35. The molecule has 1 aromatic carbocycles. The van der Waals surface area contributed by atoms with Crippen molar-refractivity contribution >= 4 is 29.1 Å². The first-order chi connectivity index (χ1) is 13.6. The minimum absolute atomic E-state index is 0.0334. The monoisotopic (exact) mass is 399 g/mol. The van der Waals surface area contributed by atoms with Gasteiger partial charge in [-0.05, 0) is 60.2 Å². The third-order valence-electron chi connectivity index (χ3n) is 3.97. The number of rotatable bonds is 9. The number of Topliss-reactive ketones (excluding diaryl/α,β-unsaturated/α-hetero) is 1. The average molecular weight is 399 g/mol. The van der Waals surface area contributed by atoms with Crippen molar-refractivity contribution < 1.29 is 14.0 Å². The zero-order valence-electron chi connectivity index (χ0n) is 15.7. The quantitative estimate of drug-likeness (QED) is 0.434. The van der Waals surface area contributed by atoms with Crippen LogP contribution in [0, 0.1) is 0 Å². The second-order valence-corrected chi connectivity index (χ2v) is 7.51. The Morgan fingerprint density at radius 2 is 2.04 bits per heavy atom.